The molecule has 3 aromatic carbocycles. The highest BCUT2D eigenvalue weighted by atomic mass is 35.5. The molecule has 3 aromatic rings. The fourth-order valence-electron chi connectivity index (χ4n) is 3.07. The third-order valence-electron chi connectivity index (χ3n) is 4.77. The van der Waals surface area contributed by atoms with Crippen molar-refractivity contribution in [2.75, 3.05) is 0 Å². The molecular formula is C23H14ClN3O7. The van der Waals surface area contributed by atoms with E-state index in [-0.39, 0.29) is 40.2 Å². The Balaban J connectivity index is 1.56. The number of cyclic esters (lactones) is 1. The molecule has 1 heterocycles. The molecule has 0 atom stereocenters. The number of benzene rings is 3. The number of esters is 1. The van der Waals surface area contributed by atoms with E-state index in [1.165, 1.54) is 30.3 Å². The van der Waals surface area contributed by atoms with E-state index in [1.807, 2.05) is 0 Å². The van der Waals surface area contributed by atoms with Crippen LogP contribution in [0.4, 0.5) is 11.4 Å². The second-order valence-electron chi connectivity index (χ2n) is 7.01. The molecule has 11 heteroatoms. The van der Waals surface area contributed by atoms with Gasteiger partial charge in [-0.05, 0) is 35.9 Å². The first-order valence-corrected chi connectivity index (χ1v) is 10.1. The Kier molecular flexibility index (Phi) is 6.33. The number of nitro benzene ring substituents is 2. The van der Waals surface area contributed by atoms with Crippen LogP contribution in [0.5, 0.6) is 5.75 Å². The molecule has 1 aliphatic rings. The van der Waals surface area contributed by atoms with E-state index >= 15 is 0 Å². The Labute approximate surface area is 197 Å². The monoisotopic (exact) mass is 479 g/mol. The minimum absolute atomic E-state index is 0.00388. The number of halogens is 1. The van der Waals surface area contributed by atoms with Crippen LogP contribution < -0.4 is 4.74 Å². The zero-order chi connectivity index (χ0) is 24.2. The summed E-state index contributed by atoms with van der Waals surface area (Å²) in [6, 6.07) is 16.6. The van der Waals surface area contributed by atoms with Crippen molar-refractivity contribution in [3.63, 3.8) is 0 Å². The molecule has 0 fully saturated rings. The molecule has 0 aliphatic carbocycles. The molecule has 34 heavy (non-hydrogen) atoms. The Hall–Kier alpha value is -4.57. The molecule has 0 amide bonds. The molecule has 0 spiro atoms. The highest BCUT2D eigenvalue weighted by Gasteiger charge is 2.27. The number of ether oxygens (including phenoxy) is 2. The first kappa shape index (κ1) is 22.6. The van der Waals surface area contributed by atoms with Crippen LogP contribution in [-0.4, -0.2) is 21.7 Å². The number of para-hydroxylation sites is 1. The number of hydrogen-bond acceptors (Lipinski definition) is 8. The minimum atomic E-state index is -0.713. The van der Waals surface area contributed by atoms with Gasteiger partial charge in [0.05, 0.1) is 20.4 Å². The normalized spacial score (nSPS) is 14.0. The zero-order valence-electron chi connectivity index (χ0n) is 17.2. The van der Waals surface area contributed by atoms with Crippen LogP contribution in [0.25, 0.3) is 6.08 Å². The highest BCUT2D eigenvalue weighted by molar-refractivity contribution is 6.34. The predicted molar refractivity (Wildman–Crippen MR) is 123 cm³/mol. The SMILES string of the molecule is O=C1OC(c2ccc([N+](=O)[O-])cc2Cl)=N/C1=C\c1ccccc1OCc1ccc([N+](=O)[O-])cc1. The molecule has 0 saturated carbocycles. The third kappa shape index (κ3) is 4.92. The van der Waals surface area contributed by atoms with Gasteiger partial charge in [0.2, 0.25) is 5.90 Å². The van der Waals surface area contributed by atoms with E-state index in [9.17, 15) is 25.0 Å². The summed E-state index contributed by atoms with van der Waals surface area (Å²) in [5.41, 5.74) is 1.30. The molecule has 0 bridgehead atoms. The van der Waals surface area contributed by atoms with Crippen LogP contribution in [-0.2, 0) is 16.1 Å². The maximum Gasteiger partial charge on any atom is 0.363 e. The standard InChI is InChI=1S/C23H14ClN3O7/c24-19-12-17(27(31)32)9-10-18(19)22-25-20(23(28)34-22)11-15-3-1-2-4-21(15)33-13-14-5-7-16(8-6-14)26(29)30/h1-12H,13H2/b20-11-. The number of hydrogen-bond donors (Lipinski definition) is 0. The van der Waals surface area contributed by atoms with E-state index in [1.54, 1.807) is 36.4 Å². The van der Waals surface area contributed by atoms with Gasteiger partial charge in [-0.2, -0.15) is 0 Å². The smallest absolute Gasteiger partial charge is 0.363 e. The maximum atomic E-state index is 12.4. The summed E-state index contributed by atoms with van der Waals surface area (Å²) in [4.78, 5) is 37.2. The van der Waals surface area contributed by atoms with Crippen molar-refractivity contribution in [3.05, 3.63) is 114 Å². The van der Waals surface area contributed by atoms with Gasteiger partial charge in [0.1, 0.15) is 12.4 Å². The van der Waals surface area contributed by atoms with Crippen LogP contribution in [0.2, 0.25) is 5.02 Å². The molecule has 170 valence electrons. The summed E-state index contributed by atoms with van der Waals surface area (Å²) in [5.74, 6) is -0.326. The number of nitrogens with zero attached hydrogens (tertiary/aromatic N) is 3. The second kappa shape index (κ2) is 9.51. The molecule has 1 aliphatic heterocycles. The number of nitro groups is 2. The summed E-state index contributed by atoms with van der Waals surface area (Å²) < 4.78 is 11.0. The summed E-state index contributed by atoms with van der Waals surface area (Å²) in [6.45, 7) is 0.148. The maximum absolute atomic E-state index is 12.4. The molecule has 4 rings (SSSR count). The van der Waals surface area contributed by atoms with Gasteiger partial charge < -0.3 is 9.47 Å². The van der Waals surface area contributed by atoms with Crippen LogP contribution in [0, 0.1) is 20.2 Å². The van der Waals surface area contributed by atoms with Crippen molar-refractivity contribution in [2.24, 2.45) is 4.99 Å². The average Bonchev–Trinajstić information content (AvgIpc) is 3.18. The number of carbonyl (C=O) groups is 1. The van der Waals surface area contributed by atoms with Crippen LogP contribution in [0.3, 0.4) is 0 Å². The Morgan fingerprint density at radius 1 is 0.971 bits per heavy atom. The quantitative estimate of drug-likeness (QED) is 0.199. The van der Waals surface area contributed by atoms with Crippen molar-refractivity contribution in [3.8, 4) is 5.75 Å². The van der Waals surface area contributed by atoms with E-state index in [0.717, 1.165) is 11.6 Å². The van der Waals surface area contributed by atoms with Gasteiger partial charge in [-0.3, -0.25) is 20.2 Å². The van der Waals surface area contributed by atoms with Crippen molar-refractivity contribution >= 4 is 40.9 Å². The van der Waals surface area contributed by atoms with Gasteiger partial charge in [-0.15, -0.1) is 0 Å². The van der Waals surface area contributed by atoms with Gasteiger partial charge in [0.15, 0.2) is 5.70 Å². The minimum Gasteiger partial charge on any atom is -0.488 e. The molecule has 0 aromatic heterocycles. The number of aliphatic imine (C=N–C) groups is 1. The van der Waals surface area contributed by atoms with Crippen molar-refractivity contribution in [1.29, 1.82) is 0 Å². The lowest BCUT2D eigenvalue weighted by atomic mass is 10.1. The molecular weight excluding hydrogens is 466 g/mol. The van der Waals surface area contributed by atoms with Gasteiger partial charge in [0.25, 0.3) is 11.4 Å². The lowest BCUT2D eigenvalue weighted by molar-refractivity contribution is -0.385. The number of rotatable bonds is 7. The molecule has 0 unspecified atom stereocenters. The van der Waals surface area contributed by atoms with Crippen molar-refractivity contribution in [2.45, 2.75) is 6.61 Å². The summed E-state index contributed by atoms with van der Waals surface area (Å²) >= 11 is 6.11. The Morgan fingerprint density at radius 3 is 2.32 bits per heavy atom. The van der Waals surface area contributed by atoms with Crippen LogP contribution in [0.1, 0.15) is 16.7 Å². The van der Waals surface area contributed by atoms with Gasteiger partial charge in [-0.25, -0.2) is 9.79 Å². The van der Waals surface area contributed by atoms with Gasteiger partial charge >= 0.3 is 5.97 Å². The first-order chi connectivity index (χ1) is 16.3. The number of carbonyl (C=O) groups excluding carboxylic acids is 1. The number of non-ortho nitro benzene ring substituents is 2. The first-order valence-electron chi connectivity index (χ1n) is 9.74. The van der Waals surface area contributed by atoms with E-state index in [0.29, 0.717) is 11.3 Å². The second-order valence-corrected chi connectivity index (χ2v) is 7.41. The summed E-state index contributed by atoms with van der Waals surface area (Å²) in [7, 11) is 0. The van der Waals surface area contributed by atoms with Crippen molar-refractivity contribution in [1.82, 2.24) is 0 Å². The average molecular weight is 480 g/mol. The van der Waals surface area contributed by atoms with Crippen molar-refractivity contribution < 1.29 is 24.1 Å². The van der Waals surface area contributed by atoms with E-state index in [4.69, 9.17) is 21.1 Å². The summed E-state index contributed by atoms with van der Waals surface area (Å²) in [6.07, 6.45) is 1.49. The Morgan fingerprint density at radius 2 is 1.65 bits per heavy atom. The predicted octanol–water partition coefficient (Wildman–Crippen LogP) is 5.08. The lowest BCUT2D eigenvalue weighted by Crippen LogP contribution is -2.06. The zero-order valence-corrected chi connectivity index (χ0v) is 18.0. The van der Waals surface area contributed by atoms with Crippen LogP contribution >= 0.6 is 11.6 Å². The molecule has 0 N–H and O–H groups in total. The largest absolute Gasteiger partial charge is 0.488 e. The van der Waals surface area contributed by atoms with Gasteiger partial charge in [0, 0.05) is 29.8 Å². The molecule has 10 nitrogen and oxygen atoms in total. The topological polar surface area (TPSA) is 134 Å². The summed E-state index contributed by atoms with van der Waals surface area (Å²) in [5, 5.41) is 21.7. The fourth-order valence-corrected chi connectivity index (χ4v) is 3.32. The third-order valence-corrected chi connectivity index (χ3v) is 5.08. The Bertz CT molecular complexity index is 1370. The fraction of sp³-hybridized carbons (Fsp3) is 0.0435. The molecule has 0 radical (unpaired) electrons. The van der Waals surface area contributed by atoms with Gasteiger partial charge in [-0.1, -0.05) is 29.8 Å². The van der Waals surface area contributed by atoms with Crippen LogP contribution in [0.15, 0.2) is 77.4 Å². The lowest BCUT2D eigenvalue weighted by Gasteiger charge is -2.09. The van der Waals surface area contributed by atoms with E-state index < -0.39 is 15.8 Å². The molecule has 0 saturated heterocycles. The van der Waals surface area contributed by atoms with E-state index in [2.05, 4.69) is 4.99 Å². The highest BCUT2D eigenvalue weighted by Crippen LogP contribution is 2.29.